The Hall–Kier alpha value is -3.67. The van der Waals surface area contributed by atoms with Gasteiger partial charge < -0.3 is 52.1 Å². The summed E-state index contributed by atoms with van der Waals surface area (Å²) in [7, 11) is 1.34. The number of carbonyl (C=O) groups is 5. The Morgan fingerprint density at radius 2 is 1.24 bits per heavy atom. The second-order valence-electron chi connectivity index (χ2n) is 10.7. The van der Waals surface area contributed by atoms with Crippen molar-refractivity contribution in [2.75, 3.05) is 20.3 Å². The van der Waals surface area contributed by atoms with Crippen molar-refractivity contribution in [1.29, 1.82) is 0 Å². The van der Waals surface area contributed by atoms with Gasteiger partial charge >= 0.3 is 29.8 Å². The molecule has 1 aromatic rings. The van der Waals surface area contributed by atoms with Crippen molar-refractivity contribution in [1.82, 2.24) is 0 Å². The molecule has 0 spiro atoms. The fraction of sp³-hybridized carbons (Fsp3) is 0.633. The molecule has 3 aliphatic rings. The van der Waals surface area contributed by atoms with E-state index in [0.29, 0.717) is 5.56 Å². The second-order valence-corrected chi connectivity index (χ2v) is 10.7. The van der Waals surface area contributed by atoms with Crippen LogP contribution in [0.15, 0.2) is 30.3 Å². The van der Waals surface area contributed by atoms with E-state index in [1.165, 1.54) is 14.0 Å². The maximum atomic E-state index is 12.3. The third-order valence-electron chi connectivity index (χ3n) is 7.13. The molecule has 1 aromatic carbocycles. The molecule has 0 bridgehead atoms. The van der Waals surface area contributed by atoms with Crippen LogP contribution in [-0.2, 0) is 76.1 Å². The van der Waals surface area contributed by atoms with Gasteiger partial charge in [-0.2, -0.15) is 0 Å². The SMILES string of the molecule is CO[C@H]1O[C@@H]2CO[C@@H](c3ccccc3)O[C@H]2[C@H](O[C@H]2O[C@H](COC(C)=O)[C@@H](OC(C)=O)[C@H](OC(C)=O)[C@@H]2OC(C)=O)[C@@H]1OC(C)=O. The van der Waals surface area contributed by atoms with Crippen LogP contribution in [0.2, 0.25) is 0 Å². The molecule has 16 nitrogen and oxygen atoms in total. The summed E-state index contributed by atoms with van der Waals surface area (Å²) in [6, 6.07) is 9.03. The van der Waals surface area contributed by atoms with Crippen LogP contribution in [0, 0.1) is 0 Å². The zero-order valence-electron chi connectivity index (χ0n) is 26.2. The first-order valence-electron chi connectivity index (χ1n) is 14.5. The summed E-state index contributed by atoms with van der Waals surface area (Å²) in [5.74, 6) is -3.79. The van der Waals surface area contributed by atoms with Crippen molar-refractivity contribution in [2.24, 2.45) is 0 Å². The summed E-state index contributed by atoms with van der Waals surface area (Å²) >= 11 is 0. The summed E-state index contributed by atoms with van der Waals surface area (Å²) in [5.41, 5.74) is 0.685. The molecule has 0 aliphatic carbocycles. The smallest absolute Gasteiger partial charge is 0.303 e. The first-order chi connectivity index (χ1) is 21.9. The first kappa shape index (κ1) is 35.2. The highest BCUT2D eigenvalue weighted by Gasteiger charge is 2.58. The summed E-state index contributed by atoms with van der Waals surface area (Å²) in [6.07, 6.45) is -13.6. The van der Waals surface area contributed by atoms with Crippen LogP contribution in [-0.4, -0.2) is 112 Å². The molecule has 0 radical (unpaired) electrons. The summed E-state index contributed by atoms with van der Waals surface area (Å²) in [4.78, 5) is 60.7. The van der Waals surface area contributed by atoms with E-state index < -0.39 is 104 Å². The summed E-state index contributed by atoms with van der Waals surface area (Å²) in [5, 5.41) is 0. The van der Waals surface area contributed by atoms with Gasteiger partial charge in [0, 0.05) is 47.3 Å². The van der Waals surface area contributed by atoms with E-state index in [4.69, 9.17) is 52.1 Å². The number of esters is 5. The lowest BCUT2D eigenvalue weighted by Gasteiger charge is -2.50. The van der Waals surface area contributed by atoms with E-state index in [0.717, 1.165) is 27.7 Å². The summed E-state index contributed by atoms with van der Waals surface area (Å²) in [6.45, 7) is 5.21. The molecule has 0 aromatic heterocycles. The van der Waals surface area contributed by atoms with Gasteiger partial charge in [0.25, 0.3) is 0 Å². The number of hydrogen-bond donors (Lipinski definition) is 0. The molecule has 0 N–H and O–H groups in total. The van der Waals surface area contributed by atoms with Crippen LogP contribution in [0.1, 0.15) is 46.5 Å². The maximum Gasteiger partial charge on any atom is 0.303 e. The molecule has 254 valence electrons. The third kappa shape index (κ3) is 8.77. The van der Waals surface area contributed by atoms with E-state index in [2.05, 4.69) is 0 Å². The average Bonchev–Trinajstić information content (AvgIpc) is 2.99. The van der Waals surface area contributed by atoms with Crippen molar-refractivity contribution in [3.8, 4) is 0 Å². The van der Waals surface area contributed by atoms with Crippen LogP contribution in [0.4, 0.5) is 0 Å². The highest BCUT2D eigenvalue weighted by molar-refractivity contribution is 5.69. The van der Waals surface area contributed by atoms with E-state index in [-0.39, 0.29) is 6.61 Å². The van der Waals surface area contributed by atoms with Gasteiger partial charge in [-0.05, 0) is 0 Å². The molecule has 3 heterocycles. The molecule has 3 fully saturated rings. The van der Waals surface area contributed by atoms with Crippen molar-refractivity contribution in [3.05, 3.63) is 35.9 Å². The van der Waals surface area contributed by atoms with E-state index in [1.54, 1.807) is 24.3 Å². The fourth-order valence-electron chi connectivity index (χ4n) is 5.44. The molecule has 0 unspecified atom stereocenters. The molecular weight excluding hydrogens is 616 g/mol. The second kappa shape index (κ2) is 15.8. The molecule has 3 saturated heterocycles. The van der Waals surface area contributed by atoms with E-state index >= 15 is 0 Å². The Kier molecular flexibility index (Phi) is 12.0. The number of benzene rings is 1. The Morgan fingerprint density at radius 3 is 1.80 bits per heavy atom. The molecule has 46 heavy (non-hydrogen) atoms. The maximum absolute atomic E-state index is 12.3. The third-order valence-corrected chi connectivity index (χ3v) is 7.13. The van der Waals surface area contributed by atoms with Gasteiger partial charge in [-0.3, -0.25) is 24.0 Å². The zero-order valence-corrected chi connectivity index (χ0v) is 26.2. The quantitative estimate of drug-likeness (QED) is 0.255. The van der Waals surface area contributed by atoms with Gasteiger partial charge in [0.2, 0.25) is 0 Å². The predicted octanol–water partition coefficient (Wildman–Crippen LogP) is 0.872. The highest BCUT2D eigenvalue weighted by Crippen LogP contribution is 2.39. The number of fused-ring (bicyclic) bond motifs is 1. The van der Waals surface area contributed by atoms with E-state index in [1.807, 2.05) is 6.07 Å². The van der Waals surface area contributed by atoms with Crippen LogP contribution in [0.3, 0.4) is 0 Å². The monoisotopic (exact) mass is 654 g/mol. The Labute approximate surface area is 264 Å². The zero-order chi connectivity index (χ0) is 33.5. The standard InChI is InChI=1S/C30H38O16/c1-14(31)37-12-20-22(39-15(2)32)24(40-16(3)33)27(42-18(5)35)30(44-20)46-25-23-21(43-29(36-6)26(25)41-17(4)34)13-38-28(45-23)19-10-8-7-9-11-19/h7-11,20-30H,12-13H2,1-6H3/t20-,21-,22-,23-,24+,25+,26+,27+,28-,29+,30-/m1/s1. The van der Waals surface area contributed by atoms with Gasteiger partial charge in [0.05, 0.1) is 6.61 Å². The lowest BCUT2D eigenvalue weighted by molar-refractivity contribution is -0.390. The minimum atomic E-state index is -1.60. The number of methoxy groups -OCH3 is 1. The molecular formula is C30H38O16. The van der Waals surface area contributed by atoms with Gasteiger partial charge in [-0.25, -0.2) is 0 Å². The topological polar surface area (TPSA) is 187 Å². The lowest BCUT2D eigenvalue weighted by atomic mass is 9.95. The van der Waals surface area contributed by atoms with Gasteiger partial charge in [-0.1, -0.05) is 30.3 Å². The highest BCUT2D eigenvalue weighted by atomic mass is 16.8. The fourth-order valence-corrected chi connectivity index (χ4v) is 5.44. The normalized spacial score (nSPS) is 33.9. The predicted molar refractivity (Wildman–Crippen MR) is 148 cm³/mol. The molecule has 4 rings (SSSR count). The van der Waals surface area contributed by atoms with Crippen LogP contribution < -0.4 is 0 Å². The Morgan fingerprint density at radius 1 is 0.674 bits per heavy atom. The lowest BCUT2D eigenvalue weighted by Crippen LogP contribution is -2.68. The minimum Gasteiger partial charge on any atom is -0.463 e. The van der Waals surface area contributed by atoms with Gasteiger partial charge in [0.1, 0.15) is 31.0 Å². The molecule has 0 amide bonds. The minimum absolute atomic E-state index is 0.0231. The van der Waals surface area contributed by atoms with Crippen LogP contribution >= 0.6 is 0 Å². The van der Waals surface area contributed by atoms with E-state index in [9.17, 15) is 24.0 Å². The number of carbonyl (C=O) groups excluding carboxylic acids is 5. The van der Waals surface area contributed by atoms with Crippen molar-refractivity contribution in [3.63, 3.8) is 0 Å². The van der Waals surface area contributed by atoms with Crippen molar-refractivity contribution in [2.45, 2.75) is 102 Å². The van der Waals surface area contributed by atoms with Gasteiger partial charge in [0.15, 0.2) is 43.3 Å². The Balaban J connectivity index is 1.76. The summed E-state index contributed by atoms with van der Waals surface area (Å²) < 4.78 is 63.6. The van der Waals surface area contributed by atoms with Gasteiger partial charge in [-0.15, -0.1) is 0 Å². The first-order valence-corrected chi connectivity index (χ1v) is 14.5. The number of rotatable bonds is 10. The molecule has 0 saturated carbocycles. The largest absolute Gasteiger partial charge is 0.463 e. The number of hydrogen-bond acceptors (Lipinski definition) is 16. The molecule has 11 atom stereocenters. The Bertz CT molecular complexity index is 1240. The molecule has 3 aliphatic heterocycles. The van der Waals surface area contributed by atoms with Crippen LogP contribution in [0.25, 0.3) is 0 Å². The van der Waals surface area contributed by atoms with Crippen LogP contribution in [0.5, 0.6) is 0 Å². The number of ether oxygens (including phenoxy) is 11. The van der Waals surface area contributed by atoms with Crippen molar-refractivity contribution < 1.29 is 76.1 Å². The molecule has 16 heteroatoms. The van der Waals surface area contributed by atoms with Crippen molar-refractivity contribution >= 4 is 29.8 Å². The average molecular weight is 655 g/mol.